The van der Waals surface area contributed by atoms with E-state index in [1.165, 1.54) is 6.20 Å². The van der Waals surface area contributed by atoms with Gasteiger partial charge in [0.1, 0.15) is 22.5 Å². The summed E-state index contributed by atoms with van der Waals surface area (Å²) in [6.07, 6.45) is 1.16. The normalized spacial score (nSPS) is 19.9. The van der Waals surface area contributed by atoms with Crippen molar-refractivity contribution in [3.8, 4) is 0 Å². The number of hydrogen-bond acceptors (Lipinski definition) is 9. The van der Waals surface area contributed by atoms with Crippen LogP contribution in [0.15, 0.2) is 23.6 Å². The van der Waals surface area contributed by atoms with E-state index in [0.29, 0.717) is 18.8 Å². The number of azide groups is 1. The van der Waals surface area contributed by atoms with Crippen LogP contribution in [-0.2, 0) is 19.0 Å². The lowest BCUT2D eigenvalue weighted by molar-refractivity contribution is -0.156. The monoisotopic (exact) mass is 546 g/mol. The van der Waals surface area contributed by atoms with Gasteiger partial charge >= 0.3 is 18.2 Å². The van der Waals surface area contributed by atoms with Crippen LogP contribution in [0.4, 0.5) is 21.0 Å². The number of esters is 1. The fraction of sp³-hybridized carbons (Fsp3) is 0.704. The summed E-state index contributed by atoms with van der Waals surface area (Å²) in [6, 6.07) is 1.24. The summed E-state index contributed by atoms with van der Waals surface area (Å²) >= 11 is 0. The molecule has 12 heteroatoms. The molecule has 2 heterocycles. The summed E-state index contributed by atoms with van der Waals surface area (Å²) in [6.45, 7) is 18.2. The van der Waals surface area contributed by atoms with Crippen LogP contribution in [0.2, 0.25) is 0 Å². The fourth-order valence-corrected chi connectivity index (χ4v) is 4.34. The first-order chi connectivity index (χ1) is 17.8. The minimum atomic E-state index is -0.909. The lowest BCUT2D eigenvalue weighted by Gasteiger charge is -2.42. The van der Waals surface area contributed by atoms with Crippen molar-refractivity contribution in [2.24, 2.45) is 17.0 Å². The first-order valence-electron chi connectivity index (χ1n) is 13.0. The second kappa shape index (κ2) is 12.1. The van der Waals surface area contributed by atoms with Gasteiger partial charge in [0.05, 0.1) is 18.3 Å². The molecule has 1 aromatic heterocycles. The summed E-state index contributed by atoms with van der Waals surface area (Å²) in [5.74, 6) is -0.935. The van der Waals surface area contributed by atoms with Gasteiger partial charge < -0.3 is 19.1 Å². The highest BCUT2D eigenvalue weighted by atomic mass is 16.6. The summed E-state index contributed by atoms with van der Waals surface area (Å²) in [7, 11) is 0. The molecule has 0 aliphatic carbocycles. The van der Waals surface area contributed by atoms with Crippen LogP contribution >= 0.6 is 0 Å². The third kappa shape index (κ3) is 9.62. The van der Waals surface area contributed by atoms with E-state index < -0.39 is 41.0 Å². The van der Waals surface area contributed by atoms with E-state index in [1.807, 2.05) is 11.8 Å². The van der Waals surface area contributed by atoms with E-state index >= 15 is 0 Å². The van der Waals surface area contributed by atoms with Crippen LogP contribution in [0.5, 0.6) is 0 Å². The number of imide groups is 1. The van der Waals surface area contributed by atoms with Crippen LogP contribution in [0, 0.1) is 11.8 Å². The molecule has 12 nitrogen and oxygen atoms in total. The van der Waals surface area contributed by atoms with Gasteiger partial charge in [0.2, 0.25) is 0 Å². The third-order valence-electron chi connectivity index (χ3n) is 5.57. The highest BCUT2D eigenvalue weighted by molar-refractivity contribution is 6.11. The van der Waals surface area contributed by atoms with Crippen molar-refractivity contribution >= 4 is 29.5 Å². The van der Waals surface area contributed by atoms with Crippen LogP contribution in [0.3, 0.4) is 0 Å². The average molecular weight is 547 g/mol. The van der Waals surface area contributed by atoms with Gasteiger partial charge in [-0.05, 0) is 85.7 Å². The van der Waals surface area contributed by atoms with Gasteiger partial charge in [-0.25, -0.2) is 9.59 Å². The number of ether oxygens (including phenoxy) is 3. The summed E-state index contributed by atoms with van der Waals surface area (Å²) < 4.78 is 16.6. The van der Waals surface area contributed by atoms with Crippen LogP contribution < -0.4 is 9.80 Å². The summed E-state index contributed by atoms with van der Waals surface area (Å²) in [5.41, 5.74) is 7.47. The van der Waals surface area contributed by atoms with Crippen molar-refractivity contribution in [1.82, 2.24) is 4.98 Å². The Morgan fingerprint density at radius 2 is 1.54 bits per heavy atom. The SMILES string of the molecule is C[C@H]1CN(c2ccncc2N(C(=O)OC(C)(C)C)C(=O)OC(C)(C)C)C[C@@H](CC(=O)OC(C)(C)C)[C@H]1N=[N+]=[N-]. The first-order valence-corrected chi connectivity index (χ1v) is 13.0. The number of anilines is 2. The van der Waals surface area contributed by atoms with Gasteiger partial charge in [0.25, 0.3) is 0 Å². The number of amides is 2. The molecular weight excluding hydrogens is 504 g/mol. The molecule has 1 aliphatic heterocycles. The lowest BCUT2D eigenvalue weighted by Crippen LogP contribution is -2.50. The minimum absolute atomic E-state index is 0.0318. The predicted molar refractivity (Wildman–Crippen MR) is 147 cm³/mol. The largest absolute Gasteiger partial charge is 0.460 e. The molecule has 0 bridgehead atoms. The van der Waals surface area contributed by atoms with Crippen molar-refractivity contribution in [3.05, 3.63) is 28.9 Å². The van der Waals surface area contributed by atoms with Gasteiger partial charge in [-0.1, -0.05) is 12.0 Å². The number of piperidine rings is 1. The summed E-state index contributed by atoms with van der Waals surface area (Å²) in [5, 5.41) is 3.99. The van der Waals surface area contributed by atoms with Gasteiger partial charge in [-0.2, -0.15) is 4.90 Å². The molecule has 0 aromatic carbocycles. The Morgan fingerprint density at radius 1 is 1.00 bits per heavy atom. The van der Waals surface area contributed by atoms with E-state index in [0.717, 1.165) is 4.90 Å². The second-order valence-electron chi connectivity index (χ2n) is 12.8. The molecule has 1 aliphatic rings. The standard InChI is InChI=1S/C27H42N6O6/c1-17-15-32(16-18(22(17)30-31-28)13-21(34)37-25(2,3)4)19-11-12-29-14-20(19)33(23(35)38-26(5,6)7)24(36)39-27(8,9)10/h11-12,14,17-18,22H,13,15-16H2,1-10H3/t17-,18+,22-/m0/s1. The number of rotatable bonds is 5. The van der Waals surface area contributed by atoms with E-state index in [2.05, 4.69) is 15.0 Å². The molecule has 1 aromatic rings. The molecule has 39 heavy (non-hydrogen) atoms. The zero-order chi connectivity index (χ0) is 29.8. The number of carbonyl (C=O) groups is 3. The van der Waals surface area contributed by atoms with Gasteiger partial charge in [0.15, 0.2) is 0 Å². The smallest absolute Gasteiger partial charge is 0.424 e. The summed E-state index contributed by atoms with van der Waals surface area (Å²) in [4.78, 5) is 49.3. The molecule has 2 rings (SSSR count). The molecule has 0 N–H and O–H groups in total. The number of nitrogens with zero attached hydrogens (tertiary/aromatic N) is 6. The highest BCUT2D eigenvalue weighted by Gasteiger charge is 2.39. The molecule has 1 saturated heterocycles. The topological polar surface area (TPSA) is 147 Å². The van der Waals surface area contributed by atoms with Gasteiger partial charge in [0, 0.05) is 30.2 Å². The van der Waals surface area contributed by atoms with Crippen molar-refractivity contribution < 1.29 is 28.6 Å². The first kappa shape index (κ1) is 31.7. The van der Waals surface area contributed by atoms with E-state index in [9.17, 15) is 19.9 Å². The Labute approximate surface area is 230 Å². The maximum absolute atomic E-state index is 13.3. The van der Waals surface area contributed by atoms with Crippen LogP contribution in [-0.4, -0.2) is 59.1 Å². The Balaban J connectivity index is 2.52. The third-order valence-corrected chi connectivity index (χ3v) is 5.57. The van der Waals surface area contributed by atoms with Crippen LogP contribution in [0.25, 0.3) is 10.4 Å². The number of pyridine rings is 1. The maximum Gasteiger partial charge on any atom is 0.424 e. The highest BCUT2D eigenvalue weighted by Crippen LogP contribution is 2.37. The van der Waals surface area contributed by atoms with E-state index in [-0.39, 0.29) is 23.9 Å². The van der Waals surface area contributed by atoms with Crippen molar-refractivity contribution in [2.75, 3.05) is 22.9 Å². The van der Waals surface area contributed by atoms with E-state index in [1.54, 1.807) is 74.6 Å². The molecule has 0 saturated carbocycles. The Bertz CT molecular complexity index is 1070. The molecule has 0 unspecified atom stereocenters. The van der Waals surface area contributed by atoms with Crippen molar-refractivity contribution in [3.63, 3.8) is 0 Å². The average Bonchev–Trinajstić information content (AvgIpc) is 2.72. The maximum atomic E-state index is 13.3. The van der Waals surface area contributed by atoms with Gasteiger partial charge in [-0.3, -0.25) is 9.78 Å². The zero-order valence-corrected chi connectivity index (χ0v) is 24.7. The number of hydrogen-bond donors (Lipinski definition) is 0. The van der Waals surface area contributed by atoms with E-state index in [4.69, 9.17) is 14.2 Å². The number of carbonyl (C=O) groups excluding carboxylic acids is 3. The molecule has 2 amide bonds. The Kier molecular flexibility index (Phi) is 9.84. The molecular formula is C27H42N6O6. The Morgan fingerprint density at radius 3 is 2.03 bits per heavy atom. The fourth-order valence-electron chi connectivity index (χ4n) is 4.34. The molecule has 216 valence electrons. The van der Waals surface area contributed by atoms with Gasteiger partial charge in [-0.15, -0.1) is 0 Å². The quantitative estimate of drug-likeness (QED) is 0.139. The molecule has 0 spiro atoms. The van der Waals surface area contributed by atoms with Crippen LogP contribution in [0.1, 0.15) is 75.7 Å². The predicted octanol–water partition coefficient (Wildman–Crippen LogP) is 6.24. The lowest BCUT2D eigenvalue weighted by atomic mass is 9.83. The zero-order valence-electron chi connectivity index (χ0n) is 24.7. The van der Waals surface area contributed by atoms with Crippen molar-refractivity contribution in [2.45, 2.75) is 98.5 Å². The molecule has 0 radical (unpaired) electrons. The second-order valence-corrected chi connectivity index (χ2v) is 12.8. The Hall–Kier alpha value is -3.53. The van der Waals surface area contributed by atoms with Crippen molar-refractivity contribution in [1.29, 1.82) is 0 Å². The molecule has 1 fully saturated rings. The minimum Gasteiger partial charge on any atom is -0.460 e. The molecule has 3 atom stereocenters. The number of aromatic nitrogens is 1.